The molecule has 0 radical (unpaired) electrons. The lowest BCUT2D eigenvalue weighted by atomic mass is 9.93. The van der Waals surface area contributed by atoms with Crippen molar-refractivity contribution < 1.29 is 0 Å². The summed E-state index contributed by atoms with van der Waals surface area (Å²) in [7, 11) is 0. The first kappa shape index (κ1) is 36.0. The van der Waals surface area contributed by atoms with Gasteiger partial charge in [0, 0.05) is 12.4 Å². The van der Waals surface area contributed by atoms with E-state index in [0.29, 0.717) is 0 Å². The summed E-state index contributed by atoms with van der Waals surface area (Å²) in [6.45, 7) is 0. The van der Waals surface area contributed by atoms with Crippen LogP contribution in [0.5, 0.6) is 0 Å². The molecule has 58 heavy (non-hydrogen) atoms. The second-order valence-corrected chi connectivity index (χ2v) is 14.3. The maximum Gasteiger partial charge on any atom is 0.0636 e. The first-order valence-electron chi connectivity index (χ1n) is 19.6. The molecule has 7 aromatic carbocycles. The van der Waals surface area contributed by atoms with Gasteiger partial charge in [-0.05, 0) is 151 Å². The lowest BCUT2D eigenvalue weighted by Gasteiger charge is -2.12. The van der Waals surface area contributed by atoms with Gasteiger partial charge in [-0.1, -0.05) is 158 Å². The van der Waals surface area contributed by atoms with Gasteiger partial charge in [0.05, 0.1) is 11.4 Å². The molecule has 9 aromatic rings. The normalized spacial score (nSPS) is 11.3. The topological polar surface area (TPSA) is 25.8 Å². The van der Waals surface area contributed by atoms with Gasteiger partial charge in [-0.25, -0.2) is 0 Å². The van der Waals surface area contributed by atoms with Crippen molar-refractivity contribution in [3.8, 4) is 66.8 Å². The van der Waals surface area contributed by atoms with Gasteiger partial charge in [-0.2, -0.15) is 0 Å². The Morgan fingerprint density at radius 1 is 0.224 bits per heavy atom. The summed E-state index contributed by atoms with van der Waals surface area (Å²) < 4.78 is 0. The third-order valence-electron chi connectivity index (χ3n) is 10.4. The molecule has 0 bridgehead atoms. The van der Waals surface area contributed by atoms with Crippen LogP contribution in [0.4, 0.5) is 0 Å². The van der Waals surface area contributed by atoms with Crippen molar-refractivity contribution in [1.82, 2.24) is 9.97 Å². The Kier molecular flexibility index (Phi) is 10.5. The summed E-state index contributed by atoms with van der Waals surface area (Å²) in [5.41, 5.74) is 18.0. The quantitative estimate of drug-likeness (QED) is 0.140. The monoisotopic (exact) mass is 740 g/mol. The van der Waals surface area contributed by atoms with E-state index in [1.165, 1.54) is 44.5 Å². The predicted molar refractivity (Wildman–Crippen MR) is 245 cm³/mol. The van der Waals surface area contributed by atoms with Crippen molar-refractivity contribution in [2.75, 3.05) is 0 Å². The third-order valence-corrected chi connectivity index (χ3v) is 10.4. The van der Waals surface area contributed by atoms with E-state index in [2.05, 4.69) is 231 Å². The molecule has 2 nitrogen and oxygen atoms in total. The van der Waals surface area contributed by atoms with Gasteiger partial charge in [0.2, 0.25) is 0 Å². The predicted octanol–water partition coefficient (Wildman–Crippen LogP) is 14.8. The van der Waals surface area contributed by atoms with Gasteiger partial charge in [-0.3, -0.25) is 9.97 Å². The highest BCUT2D eigenvalue weighted by molar-refractivity contribution is 5.85. The summed E-state index contributed by atoms with van der Waals surface area (Å²) >= 11 is 0. The van der Waals surface area contributed by atoms with Crippen molar-refractivity contribution in [2.24, 2.45) is 0 Å². The number of rotatable bonds is 10. The molecule has 0 fully saturated rings. The molecule has 2 heterocycles. The van der Waals surface area contributed by atoms with Gasteiger partial charge < -0.3 is 0 Å². The Bertz CT molecular complexity index is 2540. The molecule has 2 aromatic heterocycles. The molecule has 9 rings (SSSR count). The number of hydrogen-bond acceptors (Lipinski definition) is 2. The van der Waals surface area contributed by atoms with Gasteiger partial charge in [0.1, 0.15) is 0 Å². The molecule has 2 heteroatoms. The van der Waals surface area contributed by atoms with Crippen LogP contribution in [0.15, 0.2) is 219 Å². The summed E-state index contributed by atoms with van der Waals surface area (Å²) in [6, 6.07) is 72.9. The molecule has 0 amide bonds. The van der Waals surface area contributed by atoms with E-state index >= 15 is 0 Å². The van der Waals surface area contributed by atoms with Gasteiger partial charge in [0.15, 0.2) is 0 Å². The molecule has 0 atom stereocenters. The lowest BCUT2D eigenvalue weighted by molar-refractivity contribution is 1.30. The highest BCUT2D eigenvalue weighted by Crippen LogP contribution is 2.35. The molecule has 0 saturated heterocycles. The second-order valence-electron chi connectivity index (χ2n) is 14.3. The van der Waals surface area contributed by atoms with Crippen molar-refractivity contribution in [3.05, 3.63) is 241 Å². The van der Waals surface area contributed by atoms with Crippen LogP contribution in [0.1, 0.15) is 22.5 Å². The lowest BCUT2D eigenvalue weighted by Crippen LogP contribution is -1.88. The Hall–Kier alpha value is -7.68. The van der Waals surface area contributed by atoms with Crippen LogP contribution in [0.2, 0.25) is 0 Å². The van der Waals surface area contributed by atoms with E-state index in [4.69, 9.17) is 9.97 Å². The number of aromatic nitrogens is 2. The minimum absolute atomic E-state index is 0.893. The van der Waals surface area contributed by atoms with Crippen LogP contribution in [-0.2, 0) is 0 Å². The average Bonchev–Trinajstić information content (AvgIpc) is 3.31. The number of pyridine rings is 2. The van der Waals surface area contributed by atoms with Gasteiger partial charge >= 0.3 is 0 Å². The van der Waals surface area contributed by atoms with Crippen LogP contribution in [0.25, 0.3) is 91.1 Å². The standard InChI is InChI=1S/C56H40N2/c1-5-15-41(16-6-1)49-33-50(42-17-7-2-8-18-42)36-53(35-49)47-29-31-57-55(39-47)27-25-45-23-13-14-24-46(45)26-28-56-40-48(30-32-58-56)54-37-51(43-19-9-3-10-20-43)34-52(38-54)44-21-11-4-12-22-44/h1-40H. The molecular weight excluding hydrogens is 701 g/mol. The van der Waals surface area contributed by atoms with Crippen LogP contribution in [-0.4, -0.2) is 9.97 Å². The fraction of sp³-hybridized carbons (Fsp3) is 0. The van der Waals surface area contributed by atoms with E-state index in [9.17, 15) is 0 Å². The Balaban J connectivity index is 0.994. The zero-order chi connectivity index (χ0) is 38.9. The summed E-state index contributed by atoms with van der Waals surface area (Å²) in [5.74, 6) is 0. The van der Waals surface area contributed by atoms with Gasteiger partial charge in [0.25, 0.3) is 0 Å². The number of benzene rings is 7. The summed E-state index contributed by atoms with van der Waals surface area (Å²) in [6.07, 6.45) is 12.3. The minimum Gasteiger partial charge on any atom is -0.257 e. The van der Waals surface area contributed by atoms with Crippen LogP contribution < -0.4 is 0 Å². The van der Waals surface area contributed by atoms with Crippen molar-refractivity contribution in [3.63, 3.8) is 0 Å². The Labute approximate surface area is 340 Å². The average molecular weight is 741 g/mol. The first-order valence-corrected chi connectivity index (χ1v) is 19.6. The van der Waals surface area contributed by atoms with Gasteiger partial charge in [-0.15, -0.1) is 0 Å². The molecule has 0 spiro atoms. The third kappa shape index (κ3) is 8.43. The highest BCUT2D eigenvalue weighted by Gasteiger charge is 2.10. The van der Waals surface area contributed by atoms with Crippen LogP contribution in [0, 0.1) is 0 Å². The minimum atomic E-state index is 0.893. The second kappa shape index (κ2) is 17.0. The first-order chi connectivity index (χ1) is 28.7. The molecule has 0 N–H and O–H groups in total. The smallest absolute Gasteiger partial charge is 0.0636 e. The molecule has 274 valence electrons. The molecule has 0 aliphatic heterocycles. The summed E-state index contributed by atoms with van der Waals surface area (Å²) in [4.78, 5) is 9.48. The fourth-order valence-corrected chi connectivity index (χ4v) is 7.38. The fourth-order valence-electron chi connectivity index (χ4n) is 7.38. The molecule has 0 aliphatic rings. The van der Waals surface area contributed by atoms with Crippen LogP contribution >= 0.6 is 0 Å². The van der Waals surface area contributed by atoms with Crippen molar-refractivity contribution in [1.29, 1.82) is 0 Å². The maximum atomic E-state index is 4.74. The Morgan fingerprint density at radius 3 is 0.810 bits per heavy atom. The maximum absolute atomic E-state index is 4.74. The zero-order valence-electron chi connectivity index (χ0n) is 32.0. The Morgan fingerprint density at radius 2 is 0.500 bits per heavy atom. The molecule has 0 saturated carbocycles. The SMILES string of the molecule is C(=Cc1ccccc1C=Cc1cc(-c2cc(-c3ccccc3)cc(-c3ccccc3)c2)ccn1)c1cc(-c2cc(-c3ccccc3)cc(-c3ccccc3)c2)ccn1. The van der Waals surface area contributed by atoms with E-state index in [-0.39, 0.29) is 0 Å². The largest absolute Gasteiger partial charge is 0.257 e. The highest BCUT2D eigenvalue weighted by atomic mass is 14.7. The van der Waals surface area contributed by atoms with E-state index in [1.807, 2.05) is 12.4 Å². The zero-order valence-corrected chi connectivity index (χ0v) is 32.0. The van der Waals surface area contributed by atoms with E-state index in [1.54, 1.807) is 0 Å². The number of nitrogens with zero attached hydrogens (tertiary/aromatic N) is 2. The van der Waals surface area contributed by atoms with Crippen molar-refractivity contribution >= 4 is 24.3 Å². The van der Waals surface area contributed by atoms with E-state index < -0.39 is 0 Å². The summed E-state index contributed by atoms with van der Waals surface area (Å²) in [5, 5.41) is 0. The number of hydrogen-bond donors (Lipinski definition) is 0. The van der Waals surface area contributed by atoms with Crippen molar-refractivity contribution in [2.45, 2.75) is 0 Å². The molecular formula is C56H40N2. The molecule has 0 unspecified atom stereocenters. The van der Waals surface area contributed by atoms with E-state index in [0.717, 1.165) is 44.8 Å². The molecule has 0 aliphatic carbocycles. The van der Waals surface area contributed by atoms with Crippen LogP contribution in [0.3, 0.4) is 0 Å².